The molecule has 0 aromatic heterocycles. The first-order chi connectivity index (χ1) is 40.6. The Labute approximate surface area is 501 Å². The maximum absolute atomic E-state index is 2.60. The van der Waals surface area contributed by atoms with Gasteiger partial charge in [0.05, 0.1) is 10.8 Å². The molecular formula is C80H104N2. The summed E-state index contributed by atoms with van der Waals surface area (Å²) in [6.07, 6.45) is 0.945. The molecule has 0 amide bonds. The zero-order valence-electron chi connectivity index (χ0n) is 54.7. The van der Waals surface area contributed by atoms with E-state index in [1.807, 2.05) is 125 Å². The SMILES string of the molecule is CC.CC.CC.CC.CC.CC.CC.CC.CC.CCN(C)c1ccc2c(c1)C(c1ccccc1)(c1ccccc1)c1cc3c(cc1-2)C(c1ccccc1)(c1ccccc1)c1cc(N(CC)c2cccc4c2Cc2ccccc2-4)ccc1-3. The summed E-state index contributed by atoms with van der Waals surface area (Å²) in [6.45, 7) is 42.3. The van der Waals surface area contributed by atoms with Crippen molar-refractivity contribution >= 4 is 17.1 Å². The lowest BCUT2D eigenvalue weighted by atomic mass is 9.66. The van der Waals surface area contributed by atoms with E-state index in [0.29, 0.717) is 0 Å². The Morgan fingerprint density at radius 3 is 1.04 bits per heavy atom. The molecule has 2 heteroatoms. The third kappa shape index (κ3) is 12.6. The predicted molar refractivity (Wildman–Crippen MR) is 369 cm³/mol. The topological polar surface area (TPSA) is 6.48 Å². The number of rotatable bonds is 9. The van der Waals surface area contributed by atoms with Crippen LogP contribution in [0.15, 0.2) is 212 Å². The highest BCUT2D eigenvalue weighted by atomic mass is 15.1. The van der Waals surface area contributed by atoms with E-state index in [4.69, 9.17) is 0 Å². The smallest absolute Gasteiger partial charge is 0.0714 e. The molecule has 3 aliphatic carbocycles. The zero-order chi connectivity index (χ0) is 61.0. The third-order valence-corrected chi connectivity index (χ3v) is 14.8. The minimum Gasteiger partial charge on any atom is -0.375 e. The monoisotopic (exact) mass is 1090 g/mol. The molecule has 12 rings (SSSR count). The lowest BCUT2D eigenvalue weighted by molar-refractivity contribution is 0.758. The molecule has 0 aliphatic heterocycles. The Morgan fingerprint density at radius 2 is 0.646 bits per heavy atom. The van der Waals surface area contributed by atoms with Crippen molar-refractivity contribution in [3.63, 3.8) is 0 Å². The summed E-state index contributed by atoms with van der Waals surface area (Å²) in [5, 5.41) is 0. The van der Waals surface area contributed by atoms with Crippen LogP contribution < -0.4 is 9.80 Å². The number of nitrogens with zero attached hydrogens (tertiary/aromatic N) is 2. The van der Waals surface area contributed by atoms with Crippen LogP contribution in [0.5, 0.6) is 0 Å². The van der Waals surface area contributed by atoms with Gasteiger partial charge >= 0.3 is 0 Å². The van der Waals surface area contributed by atoms with Gasteiger partial charge in [0.15, 0.2) is 0 Å². The molecule has 0 radical (unpaired) electrons. The van der Waals surface area contributed by atoms with Crippen molar-refractivity contribution in [1.82, 2.24) is 0 Å². The summed E-state index contributed by atoms with van der Waals surface area (Å²) in [6, 6.07) is 80.6. The number of hydrogen-bond donors (Lipinski definition) is 0. The van der Waals surface area contributed by atoms with Gasteiger partial charge in [-0.25, -0.2) is 0 Å². The van der Waals surface area contributed by atoms with Crippen molar-refractivity contribution in [3.05, 3.63) is 268 Å². The van der Waals surface area contributed by atoms with Crippen LogP contribution in [-0.2, 0) is 17.3 Å². The van der Waals surface area contributed by atoms with Gasteiger partial charge in [-0.15, -0.1) is 0 Å². The van der Waals surface area contributed by atoms with Crippen LogP contribution in [-0.4, -0.2) is 20.1 Å². The maximum Gasteiger partial charge on any atom is 0.0714 e. The van der Waals surface area contributed by atoms with Crippen LogP contribution in [0.4, 0.5) is 17.1 Å². The van der Waals surface area contributed by atoms with Crippen molar-refractivity contribution in [1.29, 1.82) is 0 Å². The minimum absolute atomic E-state index is 0.540. The first kappa shape index (κ1) is 68.9. The second-order valence-electron chi connectivity index (χ2n) is 17.8. The first-order valence-electron chi connectivity index (χ1n) is 32.0. The van der Waals surface area contributed by atoms with Gasteiger partial charge in [0.2, 0.25) is 0 Å². The van der Waals surface area contributed by atoms with E-state index in [2.05, 4.69) is 243 Å². The van der Waals surface area contributed by atoms with E-state index >= 15 is 0 Å². The van der Waals surface area contributed by atoms with E-state index in [-0.39, 0.29) is 0 Å². The summed E-state index contributed by atoms with van der Waals surface area (Å²) in [7, 11) is 2.20. The minimum atomic E-state index is -0.584. The first-order valence-corrected chi connectivity index (χ1v) is 32.0. The van der Waals surface area contributed by atoms with E-state index in [9.17, 15) is 0 Å². The van der Waals surface area contributed by atoms with Crippen LogP contribution in [0.25, 0.3) is 33.4 Å². The van der Waals surface area contributed by atoms with Crippen molar-refractivity contribution in [2.45, 2.75) is 156 Å². The highest BCUT2D eigenvalue weighted by Crippen LogP contribution is 2.63. The highest BCUT2D eigenvalue weighted by Gasteiger charge is 2.51. The Kier molecular flexibility index (Phi) is 29.2. The van der Waals surface area contributed by atoms with Gasteiger partial charge in [-0.2, -0.15) is 0 Å². The maximum atomic E-state index is 2.60. The van der Waals surface area contributed by atoms with Crippen molar-refractivity contribution < 1.29 is 0 Å². The molecule has 0 N–H and O–H groups in total. The molecule has 0 atom stereocenters. The molecule has 82 heavy (non-hydrogen) atoms. The Hall–Kier alpha value is -7.42. The Morgan fingerprint density at radius 1 is 0.305 bits per heavy atom. The average molecular weight is 1090 g/mol. The molecule has 2 nitrogen and oxygen atoms in total. The molecule has 9 aromatic carbocycles. The molecule has 434 valence electrons. The van der Waals surface area contributed by atoms with Gasteiger partial charge in [0, 0.05) is 43.6 Å². The van der Waals surface area contributed by atoms with Gasteiger partial charge < -0.3 is 9.80 Å². The van der Waals surface area contributed by atoms with Gasteiger partial charge in [0.25, 0.3) is 0 Å². The number of fused-ring (bicyclic) bond motifs is 9. The molecule has 0 saturated heterocycles. The van der Waals surface area contributed by atoms with Crippen molar-refractivity contribution in [3.8, 4) is 33.4 Å². The lowest BCUT2D eigenvalue weighted by Gasteiger charge is -2.36. The normalized spacial score (nSPS) is 11.7. The number of hydrogen-bond acceptors (Lipinski definition) is 2. The van der Waals surface area contributed by atoms with E-state index < -0.39 is 10.8 Å². The lowest BCUT2D eigenvalue weighted by Crippen LogP contribution is -2.30. The summed E-state index contributed by atoms with van der Waals surface area (Å²) < 4.78 is 0. The predicted octanol–water partition coefficient (Wildman–Crippen LogP) is 23.8. The van der Waals surface area contributed by atoms with Crippen molar-refractivity contribution in [2.24, 2.45) is 0 Å². The second-order valence-corrected chi connectivity index (χ2v) is 17.8. The summed E-state index contributed by atoms with van der Waals surface area (Å²) in [5.74, 6) is 0. The van der Waals surface area contributed by atoms with E-state index in [1.165, 1.54) is 106 Å². The Balaban J connectivity index is 0.000000899. The quantitative estimate of drug-likeness (QED) is 0.142. The molecule has 0 heterocycles. The van der Waals surface area contributed by atoms with Crippen LogP contribution in [0.2, 0.25) is 0 Å². The largest absolute Gasteiger partial charge is 0.375 e. The number of benzene rings is 9. The van der Waals surface area contributed by atoms with Crippen LogP contribution in [0.1, 0.15) is 194 Å². The van der Waals surface area contributed by atoms with Gasteiger partial charge in [0.1, 0.15) is 0 Å². The van der Waals surface area contributed by atoms with Crippen LogP contribution in [0.3, 0.4) is 0 Å². The van der Waals surface area contributed by atoms with Gasteiger partial charge in [-0.05, 0) is 145 Å². The summed E-state index contributed by atoms with van der Waals surface area (Å²) >= 11 is 0. The fourth-order valence-electron chi connectivity index (χ4n) is 11.9. The van der Waals surface area contributed by atoms with Crippen molar-refractivity contribution in [2.75, 3.05) is 29.9 Å². The molecule has 0 unspecified atom stereocenters. The number of anilines is 3. The molecular weight excluding hydrogens is 989 g/mol. The second kappa shape index (κ2) is 34.8. The summed E-state index contributed by atoms with van der Waals surface area (Å²) in [5.41, 5.74) is 23.7. The zero-order valence-corrected chi connectivity index (χ0v) is 54.7. The highest BCUT2D eigenvalue weighted by molar-refractivity contribution is 5.96. The average Bonchev–Trinajstić information content (AvgIpc) is 3.48. The Bertz CT molecular complexity index is 3150. The fraction of sp³-hybridized carbons (Fsp3) is 0.325. The molecule has 0 bridgehead atoms. The fourth-order valence-corrected chi connectivity index (χ4v) is 11.9. The molecule has 0 fully saturated rings. The molecule has 0 saturated carbocycles. The molecule has 9 aromatic rings. The van der Waals surface area contributed by atoms with Gasteiger partial charge in [-0.1, -0.05) is 294 Å². The molecule has 3 aliphatic rings. The standard InChI is InChI=1S/C62H50N2.9C2H6/c1-4-63(3)47-33-35-51-53-40-59-54(41-58(53)61(56(51)38-47,43-22-10-6-11-23-43)44-24-12-7-13-25-44)52-36-34-48(39-57(52)62(59,45-26-14-8-15-27-45)46-28-16-9-17-29-46)64(5-2)60-32-20-31-50-49-30-19-18-21-42(49)37-55(50)60;9*1-2/h6-36,38-41H,4-5,37H2,1-3H3;9*1-2H3. The summed E-state index contributed by atoms with van der Waals surface area (Å²) in [4.78, 5) is 4.90. The third-order valence-electron chi connectivity index (χ3n) is 14.8. The van der Waals surface area contributed by atoms with E-state index in [1.54, 1.807) is 0 Å². The van der Waals surface area contributed by atoms with E-state index in [0.717, 1.165) is 19.5 Å². The molecule has 0 spiro atoms. The van der Waals surface area contributed by atoms with Crippen LogP contribution in [0, 0.1) is 0 Å². The van der Waals surface area contributed by atoms with Gasteiger partial charge in [-0.3, -0.25) is 0 Å². The van der Waals surface area contributed by atoms with Crippen LogP contribution >= 0.6 is 0 Å².